The molecule has 0 saturated heterocycles. The third kappa shape index (κ3) is 2.91. The topological polar surface area (TPSA) is 91.5 Å². The van der Waals surface area contributed by atoms with E-state index in [-0.39, 0.29) is 18.1 Å². The third-order valence-corrected chi connectivity index (χ3v) is 4.37. The Balaban J connectivity index is 1.70. The second kappa shape index (κ2) is 6.24. The van der Waals surface area contributed by atoms with Gasteiger partial charge in [0.15, 0.2) is 12.4 Å². The maximum absolute atomic E-state index is 13.3. The van der Waals surface area contributed by atoms with Gasteiger partial charge in [0, 0.05) is 7.05 Å². The number of likely N-dealkylation sites (N-methyl/N-ethyl adjacent to an activating group) is 1. The molecule has 1 aliphatic heterocycles. The number of carbonyl (C=O) groups excluding carboxylic acids is 2. The van der Waals surface area contributed by atoms with Gasteiger partial charge in [0.25, 0.3) is 17.4 Å². The Labute approximate surface area is 152 Å². The number of aromatic nitrogens is 1. The standard InChI is InChI=1S/C19H14FN3O4/c1-23-15-4-2-3-13(17(15)27-9-16(23)24)21-18(25)12-7-10-5-6-11(20)8-14(10)22-19(12)26/h2-8H,9H2,1H3,(H,21,25)(H,22,26). The van der Waals surface area contributed by atoms with E-state index in [0.29, 0.717) is 28.0 Å². The molecule has 0 bridgehead atoms. The maximum atomic E-state index is 13.3. The van der Waals surface area contributed by atoms with Crippen LogP contribution in [0.3, 0.4) is 0 Å². The zero-order valence-corrected chi connectivity index (χ0v) is 14.2. The molecule has 2 N–H and O–H groups in total. The molecule has 0 spiro atoms. The van der Waals surface area contributed by atoms with E-state index in [0.717, 1.165) is 0 Å². The average Bonchev–Trinajstić information content (AvgIpc) is 2.64. The molecule has 0 aliphatic carbocycles. The summed E-state index contributed by atoms with van der Waals surface area (Å²) in [6.07, 6.45) is 0. The van der Waals surface area contributed by atoms with E-state index >= 15 is 0 Å². The Morgan fingerprint density at radius 2 is 2.04 bits per heavy atom. The molecule has 3 aromatic rings. The van der Waals surface area contributed by atoms with Gasteiger partial charge in [-0.05, 0) is 41.8 Å². The van der Waals surface area contributed by atoms with E-state index in [1.54, 1.807) is 25.2 Å². The monoisotopic (exact) mass is 367 g/mol. The number of nitrogens with zero attached hydrogens (tertiary/aromatic N) is 1. The van der Waals surface area contributed by atoms with Crippen molar-refractivity contribution in [3.63, 3.8) is 0 Å². The summed E-state index contributed by atoms with van der Waals surface area (Å²) in [5.41, 5.74) is 0.412. The van der Waals surface area contributed by atoms with Crippen LogP contribution in [0.4, 0.5) is 15.8 Å². The van der Waals surface area contributed by atoms with Gasteiger partial charge in [0.2, 0.25) is 0 Å². The second-order valence-electron chi connectivity index (χ2n) is 6.09. The van der Waals surface area contributed by atoms with Gasteiger partial charge in [-0.15, -0.1) is 0 Å². The van der Waals surface area contributed by atoms with E-state index < -0.39 is 17.3 Å². The number of amides is 2. The predicted octanol–water partition coefficient (Wildman–Crippen LogP) is 2.27. The SMILES string of the molecule is CN1C(=O)COc2c(NC(=O)c3cc4ccc(F)cc4[nH]c3=O)cccc21. The summed E-state index contributed by atoms with van der Waals surface area (Å²) in [5, 5.41) is 3.17. The molecular formula is C19H14FN3O4. The molecular weight excluding hydrogens is 353 g/mol. The van der Waals surface area contributed by atoms with Crippen LogP contribution in [0.5, 0.6) is 5.75 Å². The van der Waals surface area contributed by atoms with E-state index in [4.69, 9.17) is 4.74 Å². The van der Waals surface area contributed by atoms with Crippen molar-refractivity contribution in [2.24, 2.45) is 0 Å². The Bertz CT molecular complexity index is 1160. The van der Waals surface area contributed by atoms with Gasteiger partial charge in [-0.25, -0.2) is 4.39 Å². The van der Waals surface area contributed by atoms with Crippen molar-refractivity contribution in [1.29, 1.82) is 0 Å². The van der Waals surface area contributed by atoms with Crippen LogP contribution in [0.15, 0.2) is 47.3 Å². The number of nitrogens with one attached hydrogen (secondary N) is 2. The number of hydrogen-bond donors (Lipinski definition) is 2. The van der Waals surface area contributed by atoms with Crippen molar-refractivity contribution in [2.45, 2.75) is 0 Å². The van der Waals surface area contributed by atoms with Gasteiger partial charge in [0.05, 0.1) is 16.9 Å². The van der Waals surface area contributed by atoms with Crippen LogP contribution in [-0.2, 0) is 4.79 Å². The maximum Gasteiger partial charge on any atom is 0.264 e. The largest absolute Gasteiger partial charge is 0.479 e. The summed E-state index contributed by atoms with van der Waals surface area (Å²) in [4.78, 5) is 40.6. The highest BCUT2D eigenvalue weighted by molar-refractivity contribution is 6.08. The molecule has 27 heavy (non-hydrogen) atoms. The fourth-order valence-electron chi connectivity index (χ4n) is 2.94. The van der Waals surface area contributed by atoms with E-state index in [9.17, 15) is 18.8 Å². The minimum absolute atomic E-state index is 0.119. The first-order chi connectivity index (χ1) is 12.9. The predicted molar refractivity (Wildman–Crippen MR) is 97.8 cm³/mol. The number of halogens is 1. The number of rotatable bonds is 2. The lowest BCUT2D eigenvalue weighted by Gasteiger charge is -2.27. The number of fused-ring (bicyclic) bond motifs is 2. The number of ether oxygens (including phenoxy) is 1. The molecule has 0 atom stereocenters. The number of H-pyrrole nitrogens is 1. The van der Waals surface area contributed by atoms with Gasteiger partial charge in [0.1, 0.15) is 11.4 Å². The number of benzene rings is 2. The van der Waals surface area contributed by atoms with Crippen molar-refractivity contribution >= 4 is 34.1 Å². The number of pyridine rings is 1. The molecule has 1 aliphatic rings. The number of aromatic amines is 1. The van der Waals surface area contributed by atoms with Crippen LogP contribution in [0.1, 0.15) is 10.4 Å². The van der Waals surface area contributed by atoms with Crippen LogP contribution < -0.4 is 20.5 Å². The van der Waals surface area contributed by atoms with Gasteiger partial charge < -0.3 is 19.9 Å². The number of anilines is 2. The van der Waals surface area contributed by atoms with E-state index in [1.165, 1.54) is 29.2 Å². The van der Waals surface area contributed by atoms with Gasteiger partial charge in [-0.3, -0.25) is 14.4 Å². The van der Waals surface area contributed by atoms with Crippen LogP contribution in [0.25, 0.3) is 10.9 Å². The first-order valence-corrected chi connectivity index (χ1v) is 8.10. The Hall–Kier alpha value is -3.68. The van der Waals surface area contributed by atoms with Crippen molar-refractivity contribution < 1.29 is 18.7 Å². The summed E-state index contributed by atoms with van der Waals surface area (Å²) in [6.45, 7) is -0.140. The Morgan fingerprint density at radius 3 is 2.85 bits per heavy atom. The first kappa shape index (κ1) is 16.8. The molecule has 0 fully saturated rings. The lowest BCUT2D eigenvalue weighted by atomic mass is 10.1. The average molecular weight is 367 g/mol. The molecule has 136 valence electrons. The quantitative estimate of drug-likeness (QED) is 0.727. The summed E-state index contributed by atoms with van der Waals surface area (Å²) in [5.74, 6) is -0.975. The molecule has 0 saturated carbocycles. The molecule has 2 aromatic carbocycles. The minimum atomic E-state index is -0.640. The fraction of sp³-hybridized carbons (Fsp3) is 0.105. The molecule has 4 rings (SSSR count). The zero-order chi connectivity index (χ0) is 19.1. The highest BCUT2D eigenvalue weighted by Gasteiger charge is 2.25. The molecule has 7 nitrogen and oxygen atoms in total. The van der Waals surface area contributed by atoms with Crippen molar-refractivity contribution in [3.05, 3.63) is 64.2 Å². The summed E-state index contributed by atoms with van der Waals surface area (Å²) in [6, 6.07) is 10.3. The Kier molecular flexibility index (Phi) is 3.88. The Morgan fingerprint density at radius 1 is 1.22 bits per heavy atom. The lowest BCUT2D eigenvalue weighted by molar-refractivity contribution is -0.120. The van der Waals surface area contributed by atoms with Gasteiger partial charge >= 0.3 is 0 Å². The summed E-state index contributed by atoms with van der Waals surface area (Å²) >= 11 is 0. The van der Waals surface area contributed by atoms with Gasteiger partial charge in [-0.2, -0.15) is 0 Å². The van der Waals surface area contributed by atoms with Crippen LogP contribution in [-0.4, -0.2) is 30.5 Å². The molecule has 2 amide bonds. The molecule has 0 radical (unpaired) electrons. The lowest BCUT2D eigenvalue weighted by Crippen LogP contribution is -2.35. The highest BCUT2D eigenvalue weighted by atomic mass is 19.1. The zero-order valence-electron chi connectivity index (χ0n) is 14.2. The summed E-state index contributed by atoms with van der Waals surface area (Å²) < 4.78 is 18.7. The van der Waals surface area contributed by atoms with Crippen LogP contribution in [0.2, 0.25) is 0 Å². The minimum Gasteiger partial charge on any atom is -0.479 e. The third-order valence-electron chi connectivity index (χ3n) is 4.37. The van der Waals surface area contributed by atoms with Crippen LogP contribution >= 0.6 is 0 Å². The fourth-order valence-corrected chi connectivity index (χ4v) is 2.94. The van der Waals surface area contributed by atoms with Crippen molar-refractivity contribution in [2.75, 3.05) is 23.9 Å². The van der Waals surface area contributed by atoms with E-state index in [1.807, 2.05) is 0 Å². The molecule has 2 heterocycles. The normalized spacial score (nSPS) is 13.3. The molecule has 8 heteroatoms. The van der Waals surface area contributed by atoms with Gasteiger partial charge in [-0.1, -0.05) is 6.07 Å². The van der Waals surface area contributed by atoms with Crippen LogP contribution in [0, 0.1) is 5.82 Å². The number of hydrogen-bond acceptors (Lipinski definition) is 4. The molecule has 0 unspecified atom stereocenters. The smallest absolute Gasteiger partial charge is 0.264 e. The van der Waals surface area contributed by atoms with Crippen molar-refractivity contribution in [1.82, 2.24) is 4.98 Å². The summed E-state index contributed by atoms with van der Waals surface area (Å²) in [7, 11) is 1.61. The molecule has 1 aromatic heterocycles. The first-order valence-electron chi connectivity index (χ1n) is 8.10. The van der Waals surface area contributed by atoms with E-state index in [2.05, 4.69) is 10.3 Å². The van der Waals surface area contributed by atoms with Crippen molar-refractivity contribution in [3.8, 4) is 5.75 Å². The second-order valence-corrected chi connectivity index (χ2v) is 6.09. The number of para-hydroxylation sites is 1. The number of carbonyl (C=O) groups is 2. The highest BCUT2D eigenvalue weighted by Crippen LogP contribution is 2.38.